The van der Waals surface area contributed by atoms with Gasteiger partial charge in [-0.2, -0.15) is 0 Å². The number of carbonyl (C=O) groups is 2. The summed E-state index contributed by atoms with van der Waals surface area (Å²) in [5.74, 6) is -0.610. The highest BCUT2D eigenvalue weighted by Crippen LogP contribution is 2.39. The van der Waals surface area contributed by atoms with Crippen molar-refractivity contribution >= 4 is 56.8 Å². The highest BCUT2D eigenvalue weighted by molar-refractivity contribution is 7.18. The molecule has 2 amide bonds. The van der Waals surface area contributed by atoms with Gasteiger partial charge in [0.2, 0.25) is 0 Å². The second kappa shape index (κ2) is 8.57. The van der Waals surface area contributed by atoms with Gasteiger partial charge >= 0.3 is 0 Å². The van der Waals surface area contributed by atoms with Crippen LogP contribution in [0, 0.1) is 0 Å². The lowest BCUT2D eigenvalue weighted by Gasteiger charge is -2.11. The quantitative estimate of drug-likeness (QED) is 0.342. The summed E-state index contributed by atoms with van der Waals surface area (Å²) in [6, 6.07) is 9.95. The van der Waals surface area contributed by atoms with Gasteiger partial charge in [-0.05, 0) is 55.5 Å². The molecule has 4 rings (SSSR count). The van der Waals surface area contributed by atoms with Gasteiger partial charge < -0.3 is 15.7 Å². The molecule has 1 aromatic carbocycles. The van der Waals surface area contributed by atoms with Crippen molar-refractivity contribution in [1.82, 2.24) is 0 Å². The van der Waals surface area contributed by atoms with Crippen LogP contribution in [0.25, 0.3) is 0 Å². The molecule has 0 atom stereocenters. The Kier molecular flexibility index (Phi) is 5.89. The fraction of sp³-hybridized carbons (Fsp3) is 0.238. The minimum Gasteiger partial charge on any atom is -0.506 e. The number of benzene rings is 1. The molecule has 8 heteroatoms. The SMILES string of the molecule is O=C(Nc1sc2c(c1C(=O)Nc1ccccc1O)CCCCC2)c1ccc(Cl)s1. The second-order valence-corrected chi connectivity index (χ2v) is 9.62. The molecule has 0 saturated carbocycles. The first-order valence-corrected chi connectivity index (χ1v) is 11.3. The van der Waals surface area contributed by atoms with E-state index in [1.54, 1.807) is 30.3 Å². The van der Waals surface area contributed by atoms with Crippen LogP contribution in [-0.2, 0) is 12.8 Å². The molecule has 0 saturated heterocycles. The number of para-hydroxylation sites is 2. The molecule has 5 nitrogen and oxygen atoms in total. The van der Waals surface area contributed by atoms with Crippen LogP contribution in [0.1, 0.15) is 49.7 Å². The summed E-state index contributed by atoms with van der Waals surface area (Å²) in [6.07, 6.45) is 4.90. The van der Waals surface area contributed by atoms with Gasteiger partial charge in [0.15, 0.2) is 0 Å². The summed E-state index contributed by atoms with van der Waals surface area (Å²) in [5.41, 5.74) is 1.83. The fourth-order valence-corrected chi connectivity index (χ4v) is 5.66. The van der Waals surface area contributed by atoms with E-state index >= 15 is 0 Å². The van der Waals surface area contributed by atoms with Gasteiger partial charge in [0, 0.05) is 4.88 Å². The minimum absolute atomic E-state index is 0.000910. The molecule has 2 heterocycles. The van der Waals surface area contributed by atoms with Crippen LogP contribution in [0.15, 0.2) is 36.4 Å². The second-order valence-electron chi connectivity index (χ2n) is 6.80. The molecule has 0 bridgehead atoms. The van der Waals surface area contributed by atoms with Crippen molar-refractivity contribution in [3.63, 3.8) is 0 Å². The van der Waals surface area contributed by atoms with Crippen LogP contribution in [0.3, 0.4) is 0 Å². The van der Waals surface area contributed by atoms with Gasteiger partial charge in [-0.1, -0.05) is 30.2 Å². The number of halogens is 1. The van der Waals surface area contributed by atoms with Gasteiger partial charge in [0.05, 0.1) is 20.5 Å². The Balaban J connectivity index is 1.68. The van der Waals surface area contributed by atoms with Gasteiger partial charge in [-0.15, -0.1) is 22.7 Å². The highest BCUT2D eigenvalue weighted by atomic mass is 35.5. The molecule has 1 aliphatic carbocycles. The molecular formula is C21H19ClN2O3S2. The first kappa shape index (κ1) is 19.9. The van der Waals surface area contributed by atoms with Crippen molar-refractivity contribution in [2.45, 2.75) is 32.1 Å². The van der Waals surface area contributed by atoms with Crippen molar-refractivity contribution in [3.8, 4) is 5.75 Å². The summed E-state index contributed by atoms with van der Waals surface area (Å²) in [5, 5.41) is 16.2. The number of anilines is 2. The summed E-state index contributed by atoms with van der Waals surface area (Å²) in [6.45, 7) is 0. The molecule has 0 aliphatic heterocycles. The van der Waals surface area contributed by atoms with E-state index in [0.29, 0.717) is 25.5 Å². The zero-order valence-electron chi connectivity index (χ0n) is 15.5. The lowest BCUT2D eigenvalue weighted by Crippen LogP contribution is -2.17. The third kappa shape index (κ3) is 4.32. The van der Waals surface area contributed by atoms with Crippen molar-refractivity contribution in [2.75, 3.05) is 10.6 Å². The average molecular weight is 447 g/mol. The number of phenolic OH excluding ortho intramolecular Hbond substituents is 1. The van der Waals surface area contributed by atoms with E-state index in [-0.39, 0.29) is 17.6 Å². The Morgan fingerprint density at radius 2 is 1.72 bits per heavy atom. The number of thiophene rings is 2. The van der Waals surface area contributed by atoms with Gasteiger partial charge in [0.1, 0.15) is 10.8 Å². The standard InChI is InChI=1S/C21H19ClN2O3S2/c22-17-11-10-16(28-17)19(26)24-21-18(12-6-2-1-3-9-15(12)29-21)20(27)23-13-7-4-5-8-14(13)25/h4-5,7-8,10-11,25H,1-3,6,9H2,(H,23,27)(H,24,26). The average Bonchev–Trinajstić information content (AvgIpc) is 3.20. The van der Waals surface area contributed by atoms with E-state index in [2.05, 4.69) is 10.6 Å². The van der Waals surface area contributed by atoms with Crippen molar-refractivity contribution in [3.05, 3.63) is 61.6 Å². The Labute approximate surface area is 181 Å². The first-order chi connectivity index (χ1) is 14.0. The van der Waals surface area contributed by atoms with E-state index in [1.807, 2.05) is 0 Å². The first-order valence-electron chi connectivity index (χ1n) is 9.33. The molecule has 3 N–H and O–H groups in total. The monoisotopic (exact) mass is 446 g/mol. The van der Waals surface area contributed by atoms with E-state index < -0.39 is 0 Å². The zero-order chi connectivity index (χ0) is 20.4. The fourth-order valence-electron chi connectivity index (χ4n) is 3.44. The molecule has 0 spiro atoms. The Bertz CT molecular complexity index is 1070. The number of hydrogen-bond acceptors (Lipinski definition) is 5. The largest absolute Gasteiger partial charge is 0.506 e. The number of fused-ring (bicyclic) bond motifs is 1. The number of nitrogens with one attached hydrogen (secondary N) is 2. The third-order valence-electron chi connectivity index (χ3n) is 4.82. The molecule has 29 heavy (non-hydrogen) atoms. The Morgan fingerprint density at radius 1 is 0.931 bits per heavy atom. The molecular weight excluding hydrogens is 428 g/mol. The van der Waals surface area contributed by atoms with Gasteiger partial charge in [-0.25, -0.2) is 0 Å². The lowest BCUT2D eigenvalue weighted by molar-refractivity contribution is 0.102. The zero-order valence-corrected chi connectivity index (χ0v) is 17.8. The van der Waals surface area contributed by atoms with E-state index in [4.69, 9.17) is 11.6 Å². The minimum atomic E-state index is -0.328. The molecule has 1 aliphatic rings. The predicted octanol–water partition coefficient (Wildman–Crippen LogP) is 5.94. The molecule has 3 aromatic rings. The van der Waals surface area contributed by atoms with Crippen LogP contribution >= 0.6 is 34.3 Å². The van der Waals surface area contributed by atoms with Crippen LogP contribution in [0.2, 0.25) is 4.34 Å². The number of aryl methyl sites for hydroxylation is 1. The van der Waals surface area contributed by atoms with Crippen LogP contribution in [0.5, 0.6) is 5.75 Å². The molecule has 0 radical (unpaired) electrons. The van der Waals surface area contributed by atoms with Crippen LogP contribution in [0.4, 0.5) is 10.7 Å². The smallest absolute Gasteiger partial charge is 0.266 e. The highest BCUT2D eigenvalue weighted by Gasteiger charge is 2.26. The molecule has 0 unspecified atom stereocenters. The van der Waals surface area contributed by atoms with Crippen LogP contribution in [-0.4, -0.2) is 16.9 Å². The van der Waals surface area contributed by atoms with E-state index in [9.17, 15) is 14.7 Å². The third-order valence-corrected chi connectivity index (χ3v) is 7.26. The maximum atomic E-state index is 13.2. The number of amides is 2. The predicted molar refractivity (Wildman–Crippen MR) is 119 cm³/mol. The maximum Gasteiger partial charge on any atom is 0.266 e. The summed E-state index contributed by atoms with van der Waals surface area (Å²) in [7, 11) is 0. The summed E-state index contributed by atoms with van der Waals surface area (Å²) >= 11 is 8.61. The number of phenols is 1. The number of rotatable bonds is 4. The Morgan fingerprint density at radius 3 is 2.48 bits per heavy atom. The van der Waals surface area contributed by atoms with Gasteiger partial charge in [0.25, 0.3) is 11.8 Å². The number of aromatic hydroxyl groups is 1. The molecule has 0 fully saturated rings. The molecule has 150 valence electrons. The normalized spacial score (nSPS) is 13.4. The van der Waals surface area contributed by atoms with E-state index in [0.717, 1.165) is 42.5 Å². The topological polar surface area (TPSA) is 78.4 Å². The van der Waals surface area contributed by atoms with Gasteiger partial charge in [-0.3, -0.25) is 9.59 Å². The van der Waals surface area contributed by atoms with E-state index in [1.165, 1.54) is 28.7 Å². The number of carbonyl (C=O) groups excluding carboxylic acids is 2. The number of hydrogen-bond donors (Lipinski definition) is 3. The Hall–Kier alpha value is -2.35. The maximum absolute atomic E-state index is 13.2. The van der Waals surface area contributed by atoms with Crippen molar-refractivity contribution < 1.29 is 14.7 Å². The lowest BCUT2D eigenvalue weighted by atomic mass is 10.0. The van der Waals surface area contributed by atoms with Crippen LogP contribution < -0.4 is 10.6 Å². The van der Waals surface area contributed by atoms with Crippen molar-refractivity contribution in [2.24, 2.45) is 0 Å². The molecule has 2 aromatic heterocycles. The summed E-state index contributed by atoms with van der Waals surface area (Å²) in [4.78, 5) is 27.5. The summed E-state index contributed by atoms with van der Waals surface area (Å²) < 4.78 is 0.537. The van der Waals surface area contributed by atoms with Crippen molar-refractivity contribution in [1.29, 1.82) is 0 Å².